The van der Waals surface area contributed by atoms with E-state index in [2.05, 4.69) is 15.6 Å². The Labute approximate surface area is 192 Å². The molecule has 3 amide bonds. The minimum atomic E-state index is -0.935. The van der Waals surface area contributed by atoms with E-state index in [0.717, 1.165) is 25.7 Å². The zero-order valence-electron chi connectivity index (χ0n) is 18.1. The third-order valence-corrected chi connectivity index (χ3v) is 5.66. The number of rotatable bonds is 8. The van der Waals surface area contributed by atoms with Gasteiger partial charge in [-0.25, -0.2) is 0 Å². The minimum absolute atomic E-state index is 0.0862. The number of aromatic nitrogens is 1. The highest BCUT2D eigenvalue weighted by Gasteiger charge is 2.34. The molecule has 1 aliphatic rings. The van der Waals surface area contributed by atoms with E-state index < -0.39 is 17.9 Å². The predicted octanol–water partition coefficient (Wildman–Crippen LogP) is 3.24. The van der Waals surface area contributed by atoms with Gasteiger partial charge in [0.05, 0.1) is 12.8 Å². The molecule has 170 valence electrons. The Hall–Kier alpha value is -3.94. The molecule has 4 rings (SSSR count). The van der Waals surface area contributed by atoms with Gasteiger partial charge in [-0.1, -0.05) is 37.1 Å². The summed E-state index contributed by atoms with van der Waals surface area (Å²) in [6.45, 7) is -0.304. The maximum Gasteiger partial charge on any atom is 0.287 e. The van der Waals surface area contributed by atoms with Gasteiger partial charge >= 0.3 is 0 Å². The molecular formula is C25H26N4O4. The van der Waals surface area contributed by atoms with E-state index in [1.54, 1.807) is 54.9 Å². The van der Waals surface area contributed by atoms with E-state index in [1.165, 1.54) is 17.2 Å². The summed E-state index contributed by atoms with van der Waals surface area (Å²) in [5.41, 5.74) is 1.13. The number of nitrogens with zero attached hydrogens (tertiary/aromatic N) is 2. The van der Waals surface area contributed by atoms with E-state index in [-0.39, 0.29) is 24.3 Å². The normalized spacial score (nSPS) is 14.4. The third-order valence-electron chi connectivity index (χ3n) is 5.66. The lowest BCUT2D eigenvalue weighted by atomic mass is 10.0. The topological polar surface area (TPSA) is 105 Å². The molecular weight excluding hydrogens is 420 g/mol. The van der Waals surface area contributed by atoms with E-state index in [0.29, 0.717) is 11.3 Å². The first-order valence-electron chi connectivity index (χ1n) is 11.0. The van der Waals surface area contributed by atoms with Crippen LogP contribution in [0.25, 0.3) is 0 Å². The number of amides is 3. The maximum atomic E-state index is 13.5. The molecule has 0 radical (unpaired) electrons. The molecule has 2 N–H and O–H groups in total. The van der Waals surface area contributed by atoms with Gasteiger partial charge in [0.25, 0.3) is 5.91 Å². The van der Waals surface area contributed by atoms with Gasteiger partial charge < -0.3 is 15.1 Å². The van der Waals surface area contributed by atoms with Crippen molar-refractivity contribution in [2.75, 3.05) is 11.4 Å². The number of anilines is 1. The molecule has 8 heteroatoms. The maximum absolute atomic E-state index is 13.5. The summed E-state index contributed by atoms with van der Waals surface area (Å²) >= 11 is 0. The van der Waals surface area contributed by atoms with Crippen molar-refractivity contribution < 1.29 is 18.8 Å². The highest BCUT2D eigenvalue weighted by atomic mass is 16.3. The SMILES string of the molecule is O=C(NCC(=O)N(c1ccccc1)[C@H](C(=O)NC1CCCC1)c1cccnc1)c1ccco1. The second-order valence-electron chi connectivity index (χ2n) is 7.94. The van der Waals surface area contributed by atoms with Crippen LogP contribution in [0.1, 0.15) is 47.8 Å². The number of furan rings is 1. The first kappa shape index (κ1) is 22.3. The van der Waals surface area contributed by atoms with Crippen molar-refractivity contribution in [3.05, 3.63) is 84.6 Å². The first-order valence-corrected chi connectivity index (χ1v) is 11.0. The lowest BCUT2D eigenvalue weighted by Crippen LogP contribution is -2.49. The van der Waals surface area contributed by atoms with Gasteiger partial charge in [0.2, 0.25) is 11.8 Å². The molecule has 33 heavy (non-hydrogen) atoms. The molecule has 0 spiro atoms. The molecule has 0 saturated heterocycles. The van der Waals surface area contributed by atoms with Gasteiger partial charge in [0, 0.05) is 29.7 Å². The summed E-state index contributed by atoms with van der Waals surface area (Å²) in [6.07, 6.45) is 8.58. The van der Waals surface area contributed by atoms with Crippen LogP contribution in [0.4, 0.5) is 5.69 Å². The molecule has 8 nitrogen and oxygen atoms in total. The fourth-order valence-corrected chi connectivity index (χ4v) is 4.07. The monoisotopic (exact) mass is 446 g/mol. The lowest BCUT2D eigenvalue weighted by molar-refractivity contribution is -0.126. The molecule has 2 aromatic heterocycles. The molecule has 1 fully saturated rings. The number of benzene rings is 1. The largest absolute Gasteiger partial charge is 0.459 e. The van der Waals surface area contributed by atoms with Crippen molar-refractivity contribution in [2.24, 2.45) is 0 Å². The zero-order chi connectivity index (χ0) is 23.0. The van der Waals surface area contributed by atoms with Crippen molar-refractivity contribution in [1.29, 1.82) is 0 Å². The summed E-state index contributed by atoms with van der Waals surface area (Å²) in [4.78, 5) is 44.9. The summed E-state index contributed by atoms with van der Waals surface area (Å²) in [7, 11) is 0. The van der Waals surface area contributed by atoms with Crippen LogP contribution >= 0.6 is 0 Å². The van der Waals surface area contributed by atoms with Crippen LogP contribution in [-0.4, -0.2) is 35.3 Å². The van der Waals surface area contributed by atoms with E-state index in [9.17, 15) is 14.4 Å². The standard InChI is InChI=1S/C25H26N4O4/c30-22(17-27-24(31)21-13-7-15-33-21)29(20-11-2-1-3-12-20)23(18-8-6-14-26-16-18)25(32)28-19-9-4-5-10-19/h1-3,6-8,11-16,19,23H,4-5,9-10,17H2,(H,27,31)(H,28,32)/t23-/m0/s1. The van der Waals surface area contributed by atoms with Crippen LogP contribution in [0.5, 0.6) is 0 Å². The van der Waals surface area contributed by atoms with Crippen LogP contribution in [0.2, 0.25) is 0 Å². The number of nitrogens with one attached hydrogen (secondary N) is 2. The first-order chi connectivity index (χ1) is 16.1. The Morgan fingerprint density at radius 2 is 1.82 bits per heavy atom. The summed E-state index contributed by atoms with van der Waals surface area (Å²) in [5.74, 6) is -1.10. The second kappa shape index (κ2) is 10.6. The third kappa shape index (κ3) is 5.46. The van der Waals surface area contributed by atoms with Gasteiger partial charge in [-0.15, -0.1) is 0 Å². The number of carbonyl (C=O) groups is 3. The minimum Gasteiger partial charge on any atom is -0.459 e. The number of hydrogen-bond donors (Lipinski definition) is 2. The predicted molar refractivity (Wildman–Crippen MR) is 122 cm³/mol. The molecule has 1 saturated carbocycles. The quantitative estimate of drug-likeness (QED) is 0.553. The Balaban J connectivity index is 1.63. The van der Waals surface area contributed by atoms with Crippen molar-refractivity contribution in [1.82, 2.24) is 15.6 Å². The average molecular weight is 447 g/mol. The Morgan fingerprint density at radius 3 is 2.48 bits per heavy atom. The van der Waals surface area contributed by atoms with Gasteiger partial charge in [0.15, 0.2) is 5.76 Å². The molecule has 1 aromatic carbocycles. The van der Waals surface area contributed by atoms with E-state index in [4.69, 9.17) is 4.42 Å². The highest BCUT2D eigenvalue weighted by Crippen LogP contribution is 2.28. The van der Waals surface area contributed by atoms with Crippen molar-refractivity contribution in [2.45, 2.75) is 37.8 Å². The van der Waals surface area contributed by atoms with Crippen LogP contribution in [0.3, 0.4) is 0 Å². The Morgan fingerprint density at radius 1 is 1.03 bits per heavy atom. The molecule has 2 heterocycles. The summed E-state index contributed by atoms with van der Waals surface area (Å²) < 4.78 is 5.09. The van der Waals surface area contributed by atoms with Crippen molar-refractivity contribution >= 4 is 23.4 Å². The highest BCUT2D eigenvalue weighted by molar-refractivity contribution is 6.04. The Kier molecular flexibility index (Phi) is 7.14. The fraction of sp³-hybridized carbons (Fsp3) is 0.280. The number of hydrogen-bond acceptors (Lipinski definition) is 5. The number of para-hydroxylation sites is 1. The van der Waals surface area contributed by atoms with Gasteiger partial charge in [-0.05, 0) is 43.2 Å². The molecule has 3 aromatic rings. The van der Waals surface area contributed by atoms with E-state index >= 15 is 0 Å². The van der Waals surface area contributed by atoms with Crippen LogP contribution in [-0.2, 0) is 9.59 Å². The summed E-state index contributed by atoms with van der Waals surface area (Å²) in [5, 5.41) is 5.69. The summed E-state index contributed by atoms with van der Waals surface area (Å²) in [6, 6.07) is 14.7. The molecule has 0 unspecified atom stereocenters. The number of pyridine rings is 1. The van der Waals surface area contributed by atoms with Crippen molar-refractivity contribution in [3.8, 4) is 0 Å². The Bertz CT molecular complexity index is 1060. The average Bonchev–Trinajstić information content (AvgIpc) is 3.56. The van der Waals surface area contributed by atoms with Gasteiger partial charge in [-0.3, -0.25) is 24.3 Å². The second-order valence-corrected chi connectivity index (χ2v) is 7.94. The molecule has 1 atom stereocenters. The zero-order valence-corrected chi connectivity index (χ0v) is 18.1. The smallest absolute Gasteiger partial charge is 0.287 e. The van der Waals surface area contributed by atoms with Crippen LogP contribution < -0.4 is 15.5 Å². The lowest BCUT2D eigenvalue weighted by Gasteiger charge is -2.32. The van der Waals surface area contributed by atoms with Gasteiger partial charge in [-0.2, -0.15) is 0 Å². The molecule has 0 aliphatic heterocycles. The van der Waals surface area contributed by atoms with E-state index in [1.807, 2.05) is 6.07 Å². The van der Waals surface area contributed by atoms with Crippen LogP contribution in [0.15, 0.2) is 77.7 Å². The number of carbonyl (C=O) groups excluding carboxylic acids is 3. The fourth-order valence-electron chi connectivity index (χ4n) is 4.07. The van der Waals surface area contributed by atoms with Gasteiger partial charge in [0.1, 0.15) is 6.04 Å². The molecule has 1 aliphatic carbocycles. The van der Waals surface area contributed by atoms with Crippen LogP contribution in [0, 0.1) is 0 Å². The van der Waals surface area contributed by atoms with Crippen molar-refractivity contribution in [3.63, 3.8) is 0 Å². The molecule has 0 bridgehead atoms.